The number of rotatable bonds is 5. The molecule has 0 aliphatic heterocycles. The molecule has 6 nitrogen and oxygen atoms in total. The normalized spacial score (nSPS) is 10.5. The van der Waals surface area contributed by atoms with E-state index in [0.717, 1.165) is 18.7 Å². The molecule has 0 aliphatic rings. The number of oxazole rings is 1. The zero-order valence-corrected chi connectivity index (χ0v) is 14.8. The summed E-state index contributed by atoms with van der Waals surface area (Å²) in [7, 11) is 1.16. The highest BCUT2D eigenvalue weighted by atomic mass is 19.1. The molecule has 3 rings (SSSR count). The number of ether oxygens (including phenoxy) is 1. The number of hydrogen-bond acceptors (Lipinski definition) is 5. The van der Waals surface area contributed by atoms with Crippen LogP contribution < -0.4 is 5.32 Å². The first-order valence-electron chi connectivity index (χ1n) is 8.17. The van der Waals surface area contributed by atoms with Crippen molar-refractivity contribution in [2.24, 2.45) is 0 Å². The van der Waals surface area contributed by atoms with Crippen molar-refractivity contribution in [2.75, 3.05) is 12.4 Å². The average molecular weight is 368 g/mol. The quantitative estimate of drug-likeness (QED) is 0.694. The van der Waals surface area contributed by atoms with Gasteiger partial charge in [-0.25, -0.2) is 14.2 Å². The number of amides is 1. The Labute approximate surface area is 155 Å². The number of methoxy groups -OCH3 is 1. The number of nitrogens with one attached hydrogen (secondary N) is 1. The second-order valence-corrected chi connectivity index (χ2v) is 5.80. The number of aromatic nitrogens is 1. The van der Waals surface area contributed by atoms with Crippen LogP contribution in [0.15, 0.2) is 52.9 Å². The van der Waals surface area contributed by atoms with Crippen molar-refractivity contribution >= 4 is 17.6 Å². The van der Waals surface area contributed by atoms with Gasteiger partial charge >= 0.3 is 5.97 Å². The molecule has 2 aromatic carbocycles. The van der Waals surface area contributed by atoms with Crippen molar-refractivity contribution in [2.45, 2.75) is 13.3 Å². The van der Waals surface area contributed by atoms with Crippen LogP contribution >= 0.6 is 0 Å². The number of carbonyl (C=O) groups excluding carboxylic acids is 2. The maximum absolute atomic E-state index is 13.7. The Morgan fingerprint density at radius 2 is 1.93 bits per heavy atom. The average Bonchev–Trinajstić information content (AvgIpc) is 3.03. The molecule has 1 heterocycles. The van der Waals surface area contributed by atoms with Gasteiger partial charge in [0.1, 0.15) is 11.6 Å². The van der Waals surface area contributed by atoms with Crippen molar-refractivity contribution in [1.82, 2.24) is 4.98 Å². The van der Waals surface area contributed by atoms with Crippen LogP contribution in [0.2, 0.25) is 0 Å². The van der Waals surface area contributed by atoms with E-state index in [0.29, 0.717) is 17.3 Å². The summed E-state index contributed by atoms with van der Waals surface area (Å²) >= 11 is 0. The highest BCUT2D eigenvalue weighted by Gasteiger charge is 2.17. The van der Waals surface area contributed by atoms with Gasteiger partial charge in [-0.3, -0.25) is 4.79 Å². The highest BCUT2D eigenvalue weighted by molar-refractivity contribution is 5.95. The van der Waals surface area contributed by atoms with Gasteiger partial charge in [0.05, 0.1) is 24.8 Å². The molecule has 7 heteroatoms. The number of benzene rings is 2. The zero-order chi connectivity index (χ0) is 19.4. The number of aryl methyl sites for hydroxylation is 1. The number of carbonyl (C=O) groups is 2. The lowest BCUT2D eigenvalue weighted by molar-refractivity contribution is -0.115. The molecule has 1 N–H and O–H groups in total. The van der Waals surface area contributed by atoms with Gasteiger partial charge in [-0.05, 0) is 37.3 Å². The second-order valence-electron chi connectivity index (χ2n) is 5.80. The number of nitrogens with zero attached hydrogens (tertiary/aromatic N) is 1. The first-order chi connectivity index (χ1) is 13.0. The third-order valence-electron chi connectivity index (χ3n) is 3.90. The molecule has 1 amide bonds. The van der Waals surface area contributed by atoms with Gasteiger partial charge in [-0.2, -0.15) is 0 Å². The van der Waals surface area contributed by atoms with E-state index < -0.39 is 11.8 Å². The summed E-state index contributed by atoms with van der Waals surface area (Å²) in [4.78, 5) is 28.2. The first kappa shape index (κ1) is 18.3. The fraction of sp³-hybridized carbons (Fsp3) is 0.150. The molecule has 0 saturated heterocycles. The third kappa shape index (κ3) is 4.20. The molecule has 0 unspecified atom stereocenters. The van der Waals surface area contributed by atoms with Crippen molar-refractivity contribution in [3.63, 3.8) is 0 Å². The molecule has 0 radical (unpaired) electrons. The van der Waals surface area contributed by atoms with Gasteiger partial charge in [-0.1, -0.05) is 18.2 Å². The molecule has 0 aliphatic carbocycles. The molecule has 0 saturated carbocycles. The highest BCUT2D eigenvalue weighted by Crippen LogP contribution is 2.22. The van der Waals surface area contributed by atoms with Crippen LogP contribution in [-0.2, 0) is 16.0 Å². The molecule has 1 aromatic heterocycles. The summed E-state index contributed by atoms with van der Waals surface area (Å²) in [6, 6.07) is 13.0. The summed E-state index contributed by atoms with van der Waals surface area (Å²) in [5.41, 5.74) is 1.35. The fourth-order valence-electron chi connectivity index (χ4n) is 2.52. The van der Waals surface area contributed by atoms with Gasteiger partial charge in [0.25, 0.3) is 0 Å². The maximum Gasteiger partial charge on any atom is 0.340 e. The van der Waals surface area contributed by atoms with E-state index in [4.69, 9.17) is 4.42 Å². The summed E-state index contributed by atoms with van der Waals surface area (Å²) in [5.74, 6) is -0.930. The Morgan fingerprint density at radius 3 is 2.63 bits per heavy atom. The molecule has 0 spiro atoms. The van der Waals surface area contributed by atoms with Crippen LogP contribution in [0.5, 0.6) is 0 Å². The zero-order valence-electron chi connectivity index (χ0n) is 14.8. The van der Waals surface area contributed by atoms with Crippen molar-refractivity contribution < 1.29 is 23.1 Å². The van der Waals surface area contributed by atoms with Crippen LogP contribution in [0.3, 0.4) is 0 Å². The van der Waals surface area contributed by atoms with E-state index in [1.54, 1.807) is 6.92 Å². The fourth-order valence-corrected chi connectivity index (χ4v) is 2.52. The molecule has 3 aromatic rings. The van der Waals surface area contributed by atoms with E-state index in [2.05, 4.69) is 15.0 Å². The SMILES string of the molecule is COC(=O)c1cc(NC(=O)Cc2nc(-c3ccccc3)oc2C)ccc1F. The van der Waals surface area contributed by atoms with Gasteiger partial charge in [0.15, 0.2) is 0 Å². The van der Waals surface area contributed by atoms with Crippen LogP contribution in [-0.4, -0.2) is 24.0 Å². The predicted octanol–water partition coefficient (Wildman–Crippen LogP) is 3.76. The van der Waals surface area contributed by atoms with E-state index in [-0.39, 0.29) is 23.6 Å². The Morgan fingerprint density at radius 1 is 1.19 bits per heavy atom. The minimum atomic E-state index is -0.816. The minimum absolute atomic E-state index is 0.0207. The Balaban J connectivity index is 1.73. The Kier molecular flexibility index (Phi) is 5.30. The summed E-state index contributed by atoms with van der Waals surface area (Å²) in [6.45, 7) is 1.73. The number of esters is 1. The monoisotopic (exact) mass is 368 g/mol. The summed E-state index contributed by atoms with van der Waals surface area (Å²) in [5, 5.41) is 2.62. The van der Waals surface area contributed by atoms with Crippen molar-refractivity contribution in [3.05, 3.63) is 71.4 Å². The molecular weight excluding hydrogens is 351 g/mol. The Hall–Kier alpha value is -3.48. The molecule has 27 heavy (non-hydrogen) atoms. The van der Waals surface area contributed by atoms with E-state index in [9.17, 15) is 14.0 Å². The van der Waals surface area contributed by atoms with Crippen molar-refractivity contribution in [3.8, 4) is 11.5 Å². The van der Waals surface area contributed by atoms with Gasteiger partial charge in [0.2, 0.25) is 11.8 Å². The number of anilines is 1. The van der Waals surface area contributed by atoms with Gasteiger partial charge in [0, 0.05) is 11.3 Å². The van der Waals surface area contributed by atoms with Gasteiger partial charge in [-0.15, -0.1) is 0 Å². The van der Waals surface area contributed by atoms with Crippen LogP contribution in [0, 0.1) is 12.7 Å². The first-order valence-corrected chi connectivity index (χ1v) is 8.17. The smallest absolute Gasteiger partial charge is 0.340 e. The van der Waals surface area contributed by atoms with Crippen LogP contribution in [0.1, 0.15) is 21.8 Å². The molecule has 0 fully saturated rings. The largest absolute Gasteiger partial charge is 0.465 e. The maximum atomic E-state index is 13.7. The van der Waals surface area contributed by atoms with E-state index in [1.165, 1.54) is 12.1 Å². The predicted molar refractivity (Wildman–Crippen MR) is 96.7 cm³/mol. The lowest BCUT2D eigenvalue weighted by atomic mass is 10.2. The standard InChI is InChI=1S/C20H17FN2O4/c1-12-17(23-19(27-12)13-6-4-3-5-7-13)11-18(24)22-14-8-9-16(21)15(10-14)20(25)26-2/h3-10H,11H2,1-2H3,(H,22,24). The number of halogens is 1. The lowest BCUT2D eigenvalue weighted by Crippen LogP contribution is -2.16. The summed E-state index contributed by atoms with van der Waals surface area (Å²) < 4.78 is 23.8. The van der Waals surface area contributed by atoms with Crippen LogP contribution in [0.4, 0.5) is 10.1 Å². The van der Waals surface area contributed by atoms with E-state index in [1.807, 2.05) is 30.3 Å². The second kappa shape index (κ2) is 7.82. The minimum Gasteiger partial charge on any atom is -0.465 e. The van der Waals surface area contributed by atoms with Crippen molar-refractivity contribution in [1.29, 1.82) is 0 Å². The molecule has 0 atom stereocenters. The topological polar surface area (TPSA) is 81.4 Å². The van der Waals surface area contributed by atoms with Gasteiger partial charge < -0.3 is 14.5 Å². The summed E-state index contributed by atoms with van der Waals surface area (Å²) in [6.07, 6.45) is -0.0207. The molecule has 0 bridgehead atoms. The Bertz CT molecular complexity index is 983. The number of hydrogen-bond donors (Lipinski definition) is 1. The lowest BCUT2D eigenvalue weighted by Gasteiger charge is -2.07. The third-order valence-corrected chi connectivity index (χ3v) is 3.90. The van der Waals surface area contributed by atoms with E-state index >= 15 is 0 Å². The molecule has 138 valence electrons. The molecular formula is C20H17FN2O4. The van der Waals surface area contributed by atoms with Crippen LogP contribution in [0.25, 0.3) is 11.5 Å².